The van der Waals surface area contributed by atoms with E-state index in [9.17, 15) is 9.50 Å². The maximum absolute atomic E-state index is 13.1. The first kappa shape index (κ1) is 14.7. The van der Waals surface area contributed by atoms with Crippen molar-refractivity contribution in [1.29, 1.82) is 0 Å². The zero-order valence-electron chi connectivity index (χ0n) is 11.8. The molecule has 0 aliphatic heterocycles. The molecule has 0 aliphatic carbocycles. The highest BCUT2D eigenvalue weighted by Gasteiger charge is 2.23. The minimum absolute atomic E-state index is 0.154. The second-order valence-electron chi connectivity index (χ2n) is 5.27. The van der Waals surface area contributed by atoms with Crippen LogP contribution in [-0.4, -0.2) is 36.8 Å². The molecule has 0 bridgehead atoms. The molecule has 0 saturated heterocycles. The predicted octanol–water partition coefficient (Wildman–Crippen LogP) is 2.88. The molecule has 1 N–H and O–H groups in total. The smallest absolute Gasteiger partial charge is 0.123 e. The Morgan fingerprint density at radius 1 is 0.950 bits per heavy atom. The van der Waals surface area contributed by atoms with E-state index in [0.29, 0.717) is 6.54 Å². The van der Waals surface area contributed by atoms with E-state index in [0.717, 1.165) is 11.1 Å². The van der Waals surface area contributed by atoms with Crippen LogP contribution in [0.1, 0.15) is 17.0 Å². The van der Waals surface area contributed by atoms with Gasteiger partial charge in [-0.3, -0.25) is 0 Å². The third-order valence-electron chi connectivity index (χ3n) is 3.32. The van der Waals surface area contributed by atoms with Crippen molar-refractivity contribution in [2.75, 3.05) is 20.6 Å². The third-order valence-corrected chi connectivity index (χ3v) is 3.32. The molecule has 0 heterocycles. The molecule has 0 aliphatic rings. The first-order chi connectivity index (χ1) is 9.58. The van der Waals surface area contributed by atoms with Crippen LogP contribution >= 0.6 is 0 Å². The fraction of sp³-hybridized carbons (Fsp3) is 0.294. The van der Waals surface area contributed by atoms with Gasteiger partial charge in [0.1, 0.15) is 5.82 Å². The molecule has 0 fully saturated rings. The van der Waals surface area contributed by atoms with E-state index in [2.05, 4.69) is 0 Å². The van der Waals surface area contributed by atoms with E-state index in [1.807, 2.05) is 49.3 Å². The average molecular weight is 273 g/mol. The van der Waals surface area contributed by atoms with Gasteiger partial charge in [0.25, 0.3) is 0 Å². The van der Waals surface area contributed by atoms with Gasteiger partial charge in [0.2, 0.25) is 0 Å². The molecule has 0 amide bonds. The minimum atomic E-state index is -0.544. The molecular weight excluding hydrogens is 253 g/mol. The number of benzene rings is 2. The van der Waals surface area contributed by atoms with Gasteiger partial charge in [-0.05, 0) is 37.4 Å². The first-order valence-electron chi connectivity index (χ1n) is 6.71. The van der Waals surface area contributed by atoms with Gasteiger partial charge in [-0.15, -0.1) is 0 Å². The standard InChI is InChI=1S/C17H20FNO/c1-19(2)12-16(20)17(13-6-4-3-5-7-13)14-8-10-15(18)11-9-14/h3-11,16-17,20H,12H2,1-2H3/t16-,17-/m1/s1. The summed E-state index contributed by atoms with van der Waals surface area (Å²) in [6, 6.07) is 16.2. The molecule has 2 aromatic rings. The minimum Gasteiger partial charge on any atom is -0.391 e. The first-order valence-corrected chi connectivity index (χ1v) is 6.71. The van der Waals surface area contributed by atoms with Crippen molar-refractivity contribution < 1.29 is 9.50 Å². The number of aliphatic hydroxyl groups is 1. The maximum Gasteiger partial charge on any atom is 0.123 e. The largest absolute Gasteiger partial charge is 0.391 e. The molecule has 0 spiro atoms. The number of nitrogens with zero attached hydrogens (tertiary/aromatic N) is 1. The number of likely N-dealkylation sites (N-methyl/N-ethyl adjacent to an activating group) is 1. The molecule has 3 heteroatoms. The van der Waals surface area contributed by atoms with Crippen molar-refractivity contribution in [3.05, 3.63) is 71.5 Å². The lowest BCUT2D eigenvalue weighted by Gasteiger charge is -2.26. The molecular formula is C17H20FNO. The second kappa shape index (κ2) is 6.64. The topological polar surface area (TPSA) is 23.5 Å². The van der Waals surface area contributed by atoms with Crippen molar-refractivity contribution in [3.63, 3.8) is 0 Å². The number of hydrogen-bond donors (Lipinski definition) is 1. The Labute approximate surface area is 119 Å². The van der Waals surface area contributed by atoms with Gasteiger partial charge in [0, 0.05) is 12.5 Å². The van der Waals surface area contributed by atoms with Crippen molar-refractivity contribution in [2.45, 2.75) is 12.0 Å². The Morgan fingerprint density at radius 2 is 1.50 bits per heavy atom. The summed E-state index contributed by atoms with van der Waals surface area (Å²) in [4.78, 5) is 1.95. The van der Waals surface area contributed by atoms with Crippen LogP contribution in [0.25, 0.3) is 0 Å². The normalized spacial score (nSPS) is 14.2. The van der Waals surface area contributed by atoms with Crippen LogP contribution in [0.15, 0.2) is 54.6 Å². The van der Waals surface area contributed by atoms with Gasteiger partial charge >= 0.3 is 0 Å². The number of aliphatic hydroxyl groups excluding tert-OH is 1. The average Bonchev–Trinajstić information content (AvgIpc) is 2.42. The Morgan fingerprint density at radius 3 is 2.05 bits per heavy atom. The van der Waals surface area contributed by atoms with Gasteiger partial charge in [0.15, 0.2) is 0 Å². The van der Waals surface area contributed by atoms with Crippen LogP contribution < -0.4 is 0 Å². The monoisotopic (exact) mass is 273 g/mol. The summed E-state index contributed by atoms with van der Waals surface area (Å²) >= 11 is 0. The lowest BCUT2D eigenvalue weighted by Crippen LogP contribution is -2.31. The van der Waals surface area contributed by atoms with Crippen molar-refractivity contribution in [2.24, 2.45) is 0 Å². The van der Waals surface area contributed by atoms with Gasteiger partial charge in [-0.2, -0.15) is 0 Å². The zero-order chi connectivity index (χ0) is 14.5. The molecule has 20 heavy (non-hydrogen) atoms. The van der Waals surface area contributed by atoms with Crippen molar-refractivity contribution in [1.82, 2.24) is 4.90 Å². The summed E-state index contributed by atoms with van der Waals surface area (Å²) in [5.74, 6) is -0.415. The van der Waals surface area contributed by atoms with Crippen molar-refractivity contribution in [3.8, 4) is 0 Å². The molecule has 2 rings (SSSR count). The summed E-state index contributed by atoms with van der Waals surface area (Å²) in [6.45, 7) is 0.553. The summed E-state index contributed by atoms with van der Waals surface area (Å²) in [5, 5.41) is 10.5. The summed E-state index contributed by atoms with van der Waals surface area (Å²) in [6.07, 6.45) is -0.544. The SMILES string of the molecule is CN(C)C[C@@H](O)[C@H](c1ccccc1)c1ccc(F)cc1. The molecule has 0 radical (unpaired) electrons. The van der Waals surface area contributed by atoms with Crippen molar-refractivity contribution >= 4 is 0 Å². The summed E-state index contributed by atoms with van der Waals surface area (Å²) in [5.41, 5.74) is 1.96. The fourth-order valence-corrected chi connectivity index (χ4v) is 2.45. The van der Waals surface area contributed by atoms with Crippen LogP contribution in [0.3, 0.4) is 0 Å². The van der Waals surface area contributed by atoms with E-state index < -0.39 is 6.10 Å². The third kappa shape index (κ3) is 3.65. The van der Waals surface area contributed by atoms with Crippen LogP contribution in [0.5, 0.6) is 0 Å². The Kier molecular flexibility index (Phi) is 4.88. The Balaban J connectivity index is 2.36. The number of hydrogen-bond acceptors (Lipinski definition) is 2. The second-order valence-corrected chi connectivity index (χ2v) is 5.27. The quantitative estimate of drug-likeness (QED) is 0.905. The predicted molar refractivity (Wildman–Crippen MR) is 79.2 cm³/mol. The van der Waals surface area contributed by atoms with Gasteiger partial charge in [-0.25, -0.2) is 4.39 Å². The maximum atomic E-state index is 13.1. The highest BCUT2D eigenvalue weighted by atomic mass is 19.1. The summed E-state index contributed by atoms with van der Waals surface area (Å²) in [7, 11) is 3.85. The van der Waals surface area contributed by atoms with Gasteiger partial charge in [-0.1, -0.05) is 42.5 Å². The molecule has 2 aromatic carbocycles. The van der Waals surface area contributed by atoms with Gasteiger partial charge in [0.05, 0.1) is 6.10 Å². The van der Waals surface area contributed by atoms with Crippen LogP contribution in [0.4, 0.5) is 4.39 Å². The fourth-order valence-electron chi connectivity index (χ4n) is 2.45. The lowest BCUT2D eigenvalue weighted by molar-refractivity contribution is 0.121. The number of rotatable bonds is 5. The van der Waals surface area contributed by atoms with Crippen LogP contribution in [-0.2, 0) is 0 Å². The molecule has 0 aromatic heterocycles. The molecule has 2 nitrogen and oxygen atoms in total. The van der Waals surface area contributed by atoms with Gasteiger partial charge < -0.3 is 10.0 Å². The van der Waals surface area contributed by atoms with Crippen LogP contribution in [0, 0.1) is 5.82 Å². The van der Waals surface area contributed by atoms with E-state index in [-0.39, 0.29) is 11.7 Å². The Bertz CT molecular complexity index is 524. The van der Waals surface area contributed by atoms with E-state index >= 15 is 0 Å². The van der Waals surface area contributed by atoms with Crippen LogP contribution in [0.2, 0.25) is 0 Å². The van der Waals surface area contributed by atoms with E-state index in [1.54, 1.807) is 12.1 Å². The molecule has 0 unspecified atom stereocenters. The number of halogens is 1. The van der Waals surface area contributed by atoms with E-state index in [1.165, 1.54) is 12.1 Å². The lowest BCUT2D eigenvalue weighted by atomic mass is 9.86. The Hall–Kier alpha value is -1.71. The molecule has 0 saturated carbocycles. The summed E-state index contributed by atoms with van der Waals surface area (Å²) < 4.78 is 13.1. The molecule has 106 valence electrons. The molecule has 2 atom stereocenters. The highest BCUT2D eigenvalue weighted by Crippen LogP contribution is 2.28. The highest BCUT2D eigenvalue weighted by molar-refractivity contribution is 5.34. The zero-order valence-corrected chi connectivity index (χ0v) is 11.8. The van der Waals surface area contributed by atoms with E-state index in [4.69, 9.17) is 0 Å².